The maximum atomic E-state index is 12.1. The molecule has 25 heavy (non-hydrogen) atoms. The molecule has 8 heteroatoms. The summed E-state index contributed by atoms with van der Waals surface area (Å²) >= 11 is 6.06. The Bertz CT molecular complexity index is 591. The molecule has 0 atom stereocenters. The first-order valence-electron chi connectivity index (χ1n) is 8.20. The molecule has 1 heterocycles. The molecule has 140 valence electrons. The van der Waals surface area contributed by atoms with Crippen molar-refractivity contribution in [3.05, 3.63) is 28.8 Å². The van der Waals surface area contributed by atoms with Gasteiger partial charge >= 0.3 is 6.09 Å². The number of rotatable bonds is 5. The van der Waals surface area contributed by atoms with E-state index in [-0.39, 0.29) is 24.4 Å². The number of carbonyl (C=O) groups excluding carboxylic acids is 2. The molecule has 2 rings (SSSR count). The summed E-state index contributed by atoms with van der Waals surface area (Å²) in [6.07, 6.45) is 0.150. The van der Waals surface area contributed by atoms with Crippen molar-refractivity contribution < 1.29 is 26.7 Å². The van der Waals surface area contributed by atoms with Crippen LogP contribution in [0.2, 0.25) is 5.02 Å². The van der Waals surface area contributed by atoms with E-state index >= 15 is 0 Å². The fourth-order valence-electron chi connectivity index (χ4n) is 2.58. The molecule has 1 fully saturated rings. The van der Waals surface area contributed by atoms with E-state index in [1.165, 1.54) is 0 Å². The predicted molar refractivity (Wildman–Crippen MR) is 94.5 cm³/mol. The first kappa shape index (κ1) is 21.5. The molecule has 0 unspecified atom stereocenters. The monoisotopic (exact) mass is 388 g/mol. The van der Waals surface area contributed by atoms with Crippen LogP contribution in [0.4, 0.5) is 10.5 Å². The van der Waals surface area contributed by atoms with E-state index in [2.05, 4.69) is 10.2 Å². The minimum atomic E-state index is -0.258. The molecule has 1 aliphatic rings. The zero-order chi connectivity index (χ0) is 17.5. The Morgan fingerprint density at radius 2 is 1.92 bits per heavy atom. The molecule has 1 aliphatic heterocycles. The van der Waals surface area contributed by atoms with Gasteiger partial charge in [0.25, 0.3) is 0 Å². The number of carbonyl (C=O) groups is 2. The normalized spacial score (nSPS) is 14.6. The Morgan fingerprint density at radius 1 is 1.24 bits per heavy atom. The van der Waals surface area contributed by atoms with Crippen LogP contribution in [0.5, 0.6) is 0 Å². The highest BCUT2D eigenvalue weighted by Crippen LogP contribution is 2.23. The van der Waals surface area contributed by atoms with Gasteiger partial charge in [0, 0.05) is 49.9 Å². The number of nitrogens with one attached hydrogen (secondary N) is 1. The van der Waals surface area contributed by atoms with Gasteiger partial charge in [-0.15, -0.1) is 0 Å². The van der Waals surface area contributed by atoms with Crippen molar-refractivity contribution >= 4 is 29.3 Å². The molecular formula is C17H24Cl2N3O3-. The van der Waals surface area contributed by atoms with Crippen LogP contribution in [0.1, 0.15) is 18.9 Å². The number of benzene rings is 1. The number of anilines is 1. The van der Waals surface area contributed by atoms with Crippen LogP contribution < -0.4 is 17.7 Å². The number of hydrogen-bond acceptors (Lipinski definition) is 4. The molecule has 0 radical (unpaired) electrons. The fourth-order valence-corrected chi connectivity index (χ4v) is 2.76. The van der Waals surface area contributed by atoms with Gasteiger partial charge in [-0.2, -0.15) is 0 Å². The third kappa shape index (κ3) is 6.38. The Morgan fingerprint density at radius 3 is 2.56 bits per heavy atom. The van der Waals surface area contributed by atoms with Crippen molar-refractivity contribution in [3.8, 4) is 0 Å². The highest BCUT2D eigenvalue weighted by atomic mass is 35.5. The molecule has 0 aromatic heterocycles. The molecule has 2 amide bonds. The van der Waals surface area contributed by atoms with Crippen LogP contribution in [0, 0.1) is 6.92 Å². The third-order valence-electron chi connectivity index (χ3n) is 4.10. The van der Waals surface area contributed by atoms with Crippen LogP contribution in [-0.4, -0.2) is 61.1 Å². The lowest BCUT2D eigenvalue weighted by Gasteiger charge is -2.33. The van der Waals surface area contributed by atoms with Gasteiger partial charge in [0.05, 0.1) is 6.61 Å². The molecule has 0 saturated carbocycles. The summed E-state index contributed by atoms with van der Waals surface area (Å²) in [7, 11) is 0. The highest BCUT2D eigenvalue weighted by Gasteiger charge is 2.22. The maximum absolute atomic E-state index is 12.1. The third-order valence-corrected chi connectivity index (χ3v) is 4.50. The van der Waals surface area contributed by atoms with Gasteiger partial charge in [-0.25, -0.2) is 4.79 Å². The minimum Gasteiger partial charge on any atom is -1.00 e. The number of nitrogens with zero attached hydrogens (tertiary/aromatic N) is 2. The summed E-state index contributed by atoms with van der Waals surface area (Å²) in [5, 5.41) is 3.54. The van der Waals surface area contributed by atoms with Crippen LogP contribution >= 0.6 is 11.6 Å². The summed E-state index contributed by atoms with van der Waals surface area (Å²) in [5.74, 6) is -0.0341. The second kappa shape index (κ2) is 10.5. The number of ether oxygens (including phenoxy) is 1. The Kier molecular flexibility index (Phi) is 9.03. The maximum Gasteiger partial charge on any atom is 0.409 e. The zero-order valence-electron chi connectivity index (χ0n) is 14.6. The molecule has 1 N–H and O–H groups in total. The minimum absolute atomic E-state index is 0. The van der Waals surface area contributed by atoms with Crippen molar-refractivity contribution in [1.29, 1.82) is 0 Å². The molecule has 0 spiro atoms. The first-order valence-corrected chi connectivity index (χ1v) is 8.58. The van der Waals surface area contributed by atoms with Crippen molar-refractivity contribution in [2.45, 2.75) is 20.3 Å². The smallest absolute Gasteiger partial charge is 0.409 e. The average molecular weight is 389 g/mol. The Labute approximate surface area is 159 Å². The molecule has 6 nitrogen and oxygen atoms in total. The van der Waals surface area contributed by atoms with Crippen LogP contribution in [-0.2, 0) is 9.53 Å². The van der Waals surface area contributed by atoms with Crippen molar-refractivity contribution in [3.63, 3.8) is 0 Å². The predicted octanol–water partition coefficient (Wildman–Crippen LogP) is -0.245. The van der Waals surface area contributed by atoms with E-state index < -0.39 is 0 Å². The first-order chi connectivity index (χ1) is 11.5. The average Bonchev–Trinajstić information content (AvgIpc) is 2.58. The molecule has 1 saturated heterocycles. The highest BCUT2D eigenvalue weighted by molar-refractivity contribution is 6.31. The van der Waals surface area contributed by atoms with E-state index in [1.807, 2.05) is 19.1 Å². The zero-order valence-corrected chi connectivity index (χ0v) is 16.1. The lowest BCUT2D eigenvalue weighted by Crippen LogP contribution is -3.00. The summed E-state index contributed by atoms with van der Waals surface area (Å²) in [4.78, 5) is 27.6. The number of hydrogen-bond donors (Lipinski definition) is 1. The van der Waals surface area contributed by atoms with Crippen molar-refractivity contribution in [2.75, 3.05) is 44.6 Å². The number of piperazine rings is 1. The van der Waals surface area contributed by atoms with Crippen molar-refractivity contribution in [2.24, 2.45) is 0 Å². The summed E-state index contributed by atoms with van der Waals surface area (Å²) < 4.78 is 5.00. The lowest BCUT2D eigenvalue weighted by atomic mass is 10.2. The van der Waals surface area contributed by atoms with Crippen molar-refractivity contribution in [1.82, 2.24) is 9.80 Å². The van der Waals surface area contributed by atoms with Crippen LogP contribution in [0.25, 0.3) is 0 Å². The summed E-state index contributed by atoms with van der Waals surface area (Å²) in [6, 6.07) is 5.46. The van der Waals surface area contributed by atoms with E-state index in [9.17, 15) is 9.59 Å². The van der Waals surface area contributed by atoms with Crippen LogP contribution in [0.15, 0.2) is 18.2 Å². The largest absolute Gasteiger partial charge is 1.00 e. The van der Waals surface area contributed by atoms with Gasteiger partial charge in [0.2, 0.25) is 5.91 Å². The van der Waals surface area contributed by atoms with Gasteiger partial charge in [0.1, 0.15) is 0 Å². The number of halogens is 2. The standard InChI is InChI=1S/C17H24ClN3O3.ClH/c1-3-24-17(23)21-11-9-20(10-12-21)8-7-16(22)19-15-6-4-5-14(18)13(15)2;/h4-6H,3,7-12H2,1-2H3,(H,19,22);1H/p-1. The molecule has 1 aromatic carbocycles. The summed E-state index contributed by atoms with van der Waals surface area (Å²) in [6.45, 7) is 7.51. The summed E-state index contributed by atoms with van der Waals surface area (Å²) in [5.41, 5.74) is 1.62. The lowest BCUT2D eigenvalue weighted by molar-refractivity contribution is -0.116. The van der Waals surface area contributed by atoms with E-state index in [4.69, 9.17) is 16.3 Å². The van der Waals surface area contributed by atoms with Gasteiger partial charge in [0.15, 0.2) is 0 Å². The van der Waals surface area contributed by atoms with Gasteiger partial charge in [-0.3, -0.25) is 9.69 Å². The number of amides is 2. The fraction of sp³-hybridized carbons (Fsp3) is 0.529. The van der Waals surface area contributed by atoms with Gasteiger partial charge in [-0.05, 0) is 31.5 Å². The quantitative estimate of drug-likeness (QED) is 0.755. The van der Waals surface area contributed by atoms with E-state index in [0.29, 0.717) is 37.7 Å². The second-order valence-corrected chi connectivity index (χ2v) is 6.15. The Balaban J connectivity index is 0.00000312. The Hall–Kier alpha value is -1.50. The van der Waals surface area contributed by atoms with E-state index in [0.717, 1.165) is 24.3 Å². The van der Waals surface area contributed by atoms with E-state index in [1.54, 1.807) is 17.9 Å². The molecule has 1 aromatic rings. The topological polar surface area (TPSA) is 61.9 Å². The second-order valence-electron chi connectivity index (χ2n) is 5.74. The van der Waals surface area contributed by atoms with Crippen LogP contribution in [0.3, 0.4) is 0 Å². The van der Waals surface area contributed by atoms with Gasteiger partial charge in [-0.1, -0.05) is 17.7 Å². The molecular weight excluding hydrogens is 365 g/mol. The molecule has 0 bridgehead atoms. The van der Waals surface area contributed by atoms with Gasteiger partial charge < -0.3 is 27.4 Å². The SMILES string of the molecule is CCOC(=O)N1CCN(CCC(=O)Nc2cccc(Cl)c2C)CC1.[Cl-]. The molecule has 0 aliphatic carbocycles.